The number of anilines is 2. The fourth-order valence-electron chi connectivity index (χ4n) is 3.64. The number of hydrogen-bond donors (Lipinski definition) is 2. The molecule has 0 aromatic heterocycles. The molecule has 2 atom stereocenters. The van der Waals surface area contributed by atoms with E-state index in [1.165, 1.54) is 25.7 Å². The molecular weight excluding hydrogens is 384 g/mol. The van der Waals surface area contributed by atoms with Crippen LogP contribution in [-0.2, 0) is 0 Å². The average molecular weight is 427 g/mol. The first-order valence-electron chi connectivity index (χ1n) is 12.1. The fraction of sp³-hybridized carbons (Fsp3) is 0.556. The number of benzene rings is 2. The molecule has 31 heavy (non-hydrogen) atoms. The van der Waals surface area contributed by atoms with Gasteiger partial charge in [-0.25, -0.2) is 0 Å². The van der Waals surface area contributed by atoms with Crippen molar-refractivity contribution in [3.63, 3.8) is 0 Å². The zero-order valence-electron chi connectivity index (χ0n) is 20.0. The molecular formula is C27H42N2O2. The quantitative estimate of drug-likeness (QED) is 0.272. The summed E-state index contributed by atoms with van der Waals surface area (Å²) in [6.07, 6.45) is 7.93. The molecule has 0 aliphatic carbocycles. The van der Waals surface area contributed by atoms with Crippen molar-refractivity contribution in [1.82, 2.24) is 0 Å². The Kier molecular flexibility index (Phi) is 11.7. The van der Waals surface area contributed by atoms with Gasteiger partial charge in [0.05, 0.1) is 13.2 Å². The van der Waals surface area contributed by atoms with Crippen LogP contribution >= 0.6 is 0 Å². The molecule has 0 saturated heterocycles. The van der Waals surface area contributed by atoms with Crippen LogP contribution in [0.5, 0.6) is 11.5 Å². The topological polar surface area (TPSA) is 42.5 Å². The number of rotatable bonds is 16. The molecule has 4 heteroatoms. The maximum atomic E-state index is 5.86. The highest BCUT2D eigenvalue weighted by Crippen LogP contribution is 2.19. The van der Waals surface area contributed by atoms with Crippen LogP contribution in [0.4, 0.5) is 11.4 Å². The van der Waals surface area contributed by atoms with Crippen molar-refractivity contribution in [3.05, 3.63) is 48.5 Å². The monoisotopic (exact) mass is 426 g/mol. The van der Waals surface area contributed by atoms with Gasteiger partial charge in [-0.2, -0.15) is 0 Å². The lowest BCUT2D eigenvalue weighted by Crippen LogP contribution is -2.14. The van der Waals surface area contributed by atoms with Crippen LogP contribution in [-0.4, -0.2) is 25.3 Å². The van der Waals surface area contributed by atoms with Gasteiger partial charge in [0.1, 0.15) is 11.5 Å². The molecule has 0 spiro atoms. The smallest absolute Gasteiger partial charge is 0.119 e. The molecule has 172 valence electrons. The summed E-state index contributed by atoms with van der Waals surface area (Å²) in [7, 11) is 0. The summed E-state index contributed by atoms with van der Waals surface area (Å²) in [6.45, 7) is 10.4. The van der Waals surface area contributed by atoms with Crippen LogP contribution in [0, 0.1) is 0 Å². The van der Waals surface area contributed by atoms with Crippen LogP contribution in [0.2, 0.25) is 0 Å². The lowest BCUT2D eigenvalue weighted by Gasteiger charge is -2.15. The van der Waals surface area contributed by atoms with E-state index in [0.717, 1.165) is 55.4 Å². The molecule has 0 radical (unpaired) electrons. The van der Waals surface area contributed by atoms with Crippen molar-refractivity contribution in [2.75, 3.05) is 23.8 Å². The van der Waals surface area contributed by atoms with Crippen LogP contribution in [0.3, 0.4) is 0 Å². The lowest BCUT2D eigenvalue weighted by molar-refractivity contribution is 0.279. The molecule has 2 unspecified atom stereocenters. The van der Waals surface area contributed by atoms with Crippen molar-refractivity contribution in [2.45, 2.75) is 84.7 Å². The average Bonchev–Trinajstić information content (AvgIpc) is 2.75. The maximum Gasteiger partial charge on any atom is 0.119 e. The number of nitrogens with one attached hydrogen (secondary N) is 2. The Hall–Kier alpha value is -2.36. The van der Waals surface area contributed by atoms with E-state index in [-0.39, 0.29) is 0 Å². The first-order chi connectivity index (χ1) is 15.1. The largest absolute Gasteiger partial charge is 0.494 e. The van der Waals surface area contributed by atoms with Gasteiger partial charge in [0.15, 0.2) is 0 Å². The molecule has 0 fully saturated rings. The second-order valence-corrected chi connectivity index (χ2v) is 8.47. The Bertz CT molecular complexity index is 639. The second kappa shape index (κ2) is 14.6. The van der Waals surface area contributed by atoms with Crippen molar-refractivity contribution >= 4 is 11.4 Å². The minimum absolute atomic E-state index is 0.503. The predicted octanol–water partition coefficient (Wildman–Crippen LogP) is 7.52. The van der Waals surface area contributed by atoms with Gasteiger partial charge in [-0.15, -0.1) is 0 Å². The summed E-state index contributed by atoms with van der Waals surface area (Å²) in [5.41, 5.74) is 2.31. The van der Waals surface area contributed by atoms with Crippen LogP contribution in [0.25, 0.3) is 0 Å². The Labute approximate surface area is 189 Å². The number of ether oxygens (including phenoxy) is 2. The van der Waals surface area contributed by atoms with Gasteiger partial charge in [-0.3, -0.25) is 0 Å². The van der Waals surface area contributed by atoms with Crippen LogP contribution < -0.4 is 20.1 Å². The SMILES string of the molecule is CCCC(C)Nc1ccc(OCCCCCOc2ccc(NC(C)CCC)cc2)cc1. The van der Waals surface area contributed by atoms with E-state index < -0.39 is 0 Å². The summed E-state index contributed by atoms with van der Waals surface area (Å²) in [6, 6.07) is 17.6. The van der Waals surface area contributed by atoms with Crippen molar-refractivity contribution < 1.29 is 9.47 Å². The minimum Gasteiger partial charge on any atom is -0.494 e. The second-order valence-electron chi connectivity index (χ2n) is 8.47. The Morgan fingerprint density at radius 3 is 1.35 bits per heavy atom. The van der Waals surface area contributed by atoms with Gasteiger partial charge < -0.3 is 20.1 Å². The molecule has 2 aromatic rings. The van der Waals surface area contributed by atoms with E-state index in [9.17, 15) is 0 Å². The first kappa shape index (κ1) is 24.9. The zero-order chi connectivity index (χ0) is 22.3. The highest BCUT2D eigenvalue weighted by Gasteiger charge is 2.02. The third-order valence-corrected chi connectivity index (χ3v) is 5.30. The van der Waals surface area contributed by atoms with E-state index in [0.29, 0.717) is 12.1 Å². The highest BCUT2D eigenvalue weighted by atomic mass is 16.5. The van der Waals surface area contributed by atoms with Crippen molar-refractivity contribution in [1.29, 1.82) is 0 Å². The van der Waals surface area contributed by atoms with Gasteiger partial charge in [0.2, 0.25) is 0 Å². The van der Waals surface area contributed by atoms with Gasteiger partial charge >= 0.3 is 0 Å². The van der Waals surface area contributed by atoms with Crippen molar-refractivity contribution in [2.24, 2.45) is 0 Å². The summed E-state index contributed by atoms with van der Waals surface area (Å²) in [5.74, 6) is 1.87. The summed E-state index contributed by atoms with van der Waals surface area (Å²) >= 11 is 0. The third-order valence-electron chi connectivity index (χ3n) is 5.30. The minimum atomic E-state index is 0.503. The van der Waals surface area contributed by atoms with Crippen molar-refractivity contribution in [3.8, 4) is 11.5 Å². The Balaban J connectivity index is 1.54. The Morgan fingerprint density at radius 1 is 0.613 bits per heavy atom. The summed E-state index contributed by atoms with van der Waals surface area (Å²) in [5, 5.41) is 7.03. The highest BCUT2D eigenvalue weighted by molar-refractivity contribution is 5.47. The van der Waals surface area contributed by atoms with E-state index in [1.807, 2.05) is 24.3 Å². The lowest BCUT2D eigenvalue weighted by atomic mass is 10.2. The van der Waals surface area contributed by atoms with Gasteiger partial charge in [0, 0.05) is 23.5 Å². The normalized spacial score (nSPS) is 12.8. The van der Waals surface area contributed by atoms with Gasteiger partial charge in [-0.05, 0) is 94.5 Å². The molecule has 2 aromatic carbocycles. The maximum absolute atomic E-state index is 5.86. The van der Waals surface area contributed by atoms with E-state index in [4.69, 9.17) is 9.47 Å². The first-order valence-corrected chi connectivity index (χ1v) is 12.1. The van der Waals surface area contributed by atoms with E-state index in [1.54, 1.807) is 0 Å². The third kappa shape index (κ3) is 10.5. The summed E-state index contributed by atoms with van der Waals surface area (Å²) in [4.78, 5) is 0. The summed E-state index contributed by atoms with van der Waals surface area (Å²) < 4.78 is 11.7. The number of unbranched alkanes of at least 4 members (excludes halogenated alkanes) is 2. The molecule has 2 rings (SSSR count). The number of hydrogen-bond acceptors (Lipinski definition) is 4. The fourth-order valence-corrected chi connectivity index (χ4v) is 3.64. The van der Waals surface area contributed by atoms with E-state index >= 15 is 0 Å². The standard InChI is InChI=1S/C27H42N2O2/c1-5-10-22(3)28-24-12-16-26(17-13-24)30-20-8-7-9-21-31-27-18-14-25(15-19-27)29-23(4)11-6-2/h12-19,22-23,28-29H,5-11,20-21H2,1-4H3. The van der Waals surface area contributed by atoms with Gasteiger partial charge in [-0.1, -0.05) is 26.7 Å². The molecule has 0 aliphatic heterocycles. The predicted molar refractivity (Wildman–Crippen MR) is 134 cm³/mol. The molecule has 2 N–H and O–H groups in total. The zero-order valence-corrected chi connectivity index (χ0v) is 20.0. The molecule has 0 heterocycles. The molecule has 0 aliphatic rings. The molecule has 0 amide bonds. The molecule has 0 bridgehead atoms. The molecule has 4 nitrogen and oxygen atoms in total. The Morgan fingerprint density at radius 2 is 1.00 bits per heavy atom. The van der Waals surface area contributed by atoms with E-state index in [2.05, 4.69) is 62.6 Å². The van der Waals surface area contributed by atoms with Gasteiger partial charge in [0.25, 0.3) is 0 Å². The van der Waals surface area contributed by atoms with Crippen LogP contribution in [0.1, 0.15) is 72.6 Å². The van der Waals surface area contributed by atoms with Crippen LogP contribution in [0.15, 0.2) is 48.5 Å². The molecule has 0 saturated carbocycles.